The van der Waals surface area contributed by atoms with Crippen molar-refractivity contribution in [3.05, 3.63) is 106 Å². The van der Waals surface area contributed by atoms with Crippen LogP contribution in [0.2, 0.25) is 0 Å². The van der Waals surface area contributed by atoms with E-state index in [1.54, 1.807) is 22.9 Å². The quantitative estimate of drug-likeness (QED) is 0.622. The smallest absolute Gasteiger partial charge is 0.315 e. The van der Waals surface area contributed by atoms with Crippen molar-refractivity contribution in [1.82, 2.24) is 20.1 Å². The van der Waals surface area contributed by atoms with Crippen molar-refractivity contribution in [2.45, 2.75) is 32.1 Å². The average molecular weight is 417 g/mol. The molecule has 1 atom stereocenters. The molecular weight excluding hydrogens is 388 g/mol. The van der Waals surface area contributed by atoms with E-state index in [2.05, 4.69) is 39.8 Å². The second-order valence-corrected chi connectivity index (χ2v) is 8.02. The molecule has 2 N–H and O–H groups in total. The minimum atomic E-state index is -0.133. The highest BCUT2D eigenvalue weighted by molar-refractivity contribution is 5.74. The molecule has 3 aromatic rings. The Balaban J connectivity index is 1.20. The van der Waals surface area contributed by atoms with Gasteiger partial charge in [0.05, 0.1) is 6.54 Å². The second-order valence-electron chi connectivity index (χ2n) is 8.02. The first-order valence-corrected chi connectivity index (χ1v) is 10.7. The first-order chi connectivity index (χ1) is 15.2. The molecule has 0 saturated carbocycles. The van der Waals surface area contributed by atoms with Gasteiger partial charge in [-0.2, -0.15) is 0 Å². The standard InChI is InChI=1S/C25H28N4O2/c30-24-8-4-5-14-29(24)18-22-11-9-20(10-12-22)16-26-25(31)27-23-13-15-28(19-23)17-21-6-2-1-3-7-21/h1-12,14,23H,13,15-19H2,(H2,26,27,31). The van der Waals surface area contributed by atoms with Gasteiger partial charge in [-0.15, -0.1) is 0 Å². The van der Waals surface area contributed by atoms with Crippen molar-refractivity contribution < 1.29 is 4.79 Å². The van der Waals surface area contributed by atoms with Crippen LogP contribution in [0, 0.1) is 0 Å². The lowest BCUT2D eigenvalue weighted by Crippen LogP contribution is -2.43. The van der Waals surface area contributed by atoms with E-state index in [-0.39, 0.29) is 17.6 Å². The second kappa shape index (κ2) is 10.1. The number of aromatic nitrogens is 1. The van der Waals surface area contributed by atoms with Crippen LogP contribution >= 0.6 is 0 Å². The molecule has 0 radical (unpaired) electrons. The summed E-state index contributed by atoms with van der Waals surface area (Å²) in [6.07, 6.45) is 2.75. The number of carbonyl (C=O) groups is 1. The number of rotatable bonds is 7. The van der Waals surface area contributed by atoms with Gasteiger partial charge in [-0.25, -0.2) is 4.79 Å². The maximum atomic E-state index is 12.3. The summed E-state index contributed by atoms with van der Waals surface area (Å²) < 4.78 is 1.67. The Morgan fingerprint density at radius 2 is 1.58 bits per heavy atom. The highest BCUT2D eigenvalue weighted by Crippen LogP contribution is 2.13. The molecule has 31 heavy (non-hydrogen) atoms. The Labute approximate surface area is 182 Å². The summed E-state index contributed by atoms with van der Waals surface area (Å²) in [7, 11) is 0. The lowest BCUT2D eigenvalue weighted by Gasteiger charge is -2.17. The fraction of sp³-hybridized carbons (Fsp3) is 0.280. The van der Waals surface area contributed by atoms with Crippen LogP contribution in [0.3, 0.4) is 0 Å². The molecule has 2 heterocycles. The third-order valence-corrected chi connectivity index (χ3v) is 5.58. The van der Waals surface area contributed by atoms with Gasteiger partial charge in [0.25, 0.3) is 5.56 Å². The molecule has 1 aliphatic rings. The van der Waals surface area contributed by atoms with E-state index in [0.717, 1.165) is 37.2 Å². The number of carbonyl (C=O) groups excluding carboxylic acids is 1. The third kappa shape index (κ3) is 6.06. The molecule has 160 valence electrons. The zero-order chi connectivity index (χ0) is 21.5. The van der Waals surface area contributed by atoms with Gasteiger partial charge >= 0.3 is 6.03 Å². The van der Waals surface area contributed by atoms with Gasteiger partial charge in [-0.1, -0.05) is 60.7 Å². The van der Waals surface area contributed by atoms with Gasteiger partial charge in [0.2, 0.25) is 0 Å². The highest BCUT2D eigenvalue weighted by Gasteiger charge is 2.23. The van der Waals surface area contributed by atoms with Gasteiger partial charge in [0, 0.05) is 44.5 Å². The Morgan fingerprint density at radius 1 is 0.871 bits per heavy atom. The van der Waals surface area contributed by atoms with Gasteiger partial charge in [-0.3, -0.25) is 9.69 Å². The number of hydrogen-bond donors (Lipinski definition) is 2. The van der Waals surface area contributed by atoms with E-state index >= 15 is 0 Å². The maximum Gasteiger partial charge on any atom is 0.315 e. The van der Waals surface area contributed by atoms with Crippen LogP contribution in [0.15, 0.2) is 83.8 Å². The van der Waals surface area contributed by atoms with Crippen LogP contribution in [0.1, 0.15) is 23.1 Å². The Hall–Kier alpha value is -3.38. The van der Waals surface area contributed by atoms with E-state index in [4.69, 9.17) is 0 Å². The molecule has 6 heteroatoms. The van der Waals surface area contributed by atoms with Gasteiger partial charge in [0.15, 0.2) is 0 Å². The first-order valence-electron chi connectivity index (χ1n) is 10.7. The monoisotopic (exact) mass is 416 g/mol. The van der Waals surface area contributed by atoms with Crippen molar-refractivity contribution in [1.29, 1.82) is 0 Å². The number of likely N-dealkylation sites (tertiary alicyclic amines) is 1. The average Bonchev–Trinajstić information content (AvgIpc) is 3.22. The SMILES string of the molecule is O=C(NCc1ccc(Cn2ccccc2=O)cc1)NC1CCN(Cc2ccccc2)C1. The highest BCUT2D eigenvalue weighted by atomic mass is 16.2. The lowest BCUT2D eigenvalue weighted by atomic mass is 10.1. The molecule has 1 aromatic heterocycles. The van der Waals surface area contributed by atoms with Crippen LogP contribution in [0.25, 0.3) is 0 Å². The Morgan fingerprint density at radius 3 is 2.35 bits per heavy atom. The summed E-state index contributed by atoms with van der Waals surface area (Å²) >= 11 is 0. The zero-order valence-corrected chi connectivity index (χ0v) is 17.5. The number of pyridine rings is 1. The number of nitrogens with zero attached hydrogens (tertiary/aromatic N) is 2. The summed E-state index contributed by atoms with van der Waals surface area (Å²) in [5.41, 5.74) is 3.36. The van der Waals surface area contributed by atoms with E-state index < -0.39 is 0 Å². The van der Waals surface area contributed by atoms with Gasteiger partial charge in [0.1, 0.15) is 0 Å². The van der Waals surface area contributed by atoms with Crippen LogP contribution in [-0.4, -0.2) is 34.6 Å². The summed E-state index contributed by atoms with van der Waals surface area (Å²) in [4.78, 5) is 26.5. The molecule has 1 unspecified atom stereocenters. The van der Waals surface area contributed by atoms with Crippen molar-refractivity contribution in [2.24, 2.45) is 0 Å². The number of urea groups is 1. The maximum absolute atomic E-state index is 12.3. The zero-order valence-electron chi connectivity index (χ0n) is 17.5. The van der Waals surface area contributed by atoms with Crippen LogP contribution in [-0.2, 0) is 19.6 Å². The Kier molecular flexibility index (Phi) is 6.79. The fourth-order valence-electron chi connectivity index (χ4n) is 3.90. The summed E-state index contributed by atoms with van der Waals surface area (Å²) in [6, 6.07) is 23.6. The van der Waals surface area contributed by atoms with E-state index in [9.17, 15) is 9.59 Å². The van der Waals surface area contributed by atoms with E-state index in [1.807, 2.05) is 36.4 Å². The summed E-state index contributed by atoms with van der Waals surface area (Å²) in [5, 5.41) is 6.03. The number of benzene rings is 2. The molecule has 2 aromatic carbocycles. The molecule has 0 spiro atoms. The third-order valence-electron chi connectivity index (χ3n) is 5.58. The van der Waals surface area contributed by atoms with Crippen molar-refractivity contribution in [3.8, 4) is 0 Å². The van der Waals surface area contributed by atoms with Gasteiger partial charge < -0.3 is 15.2 Å². The molecule has 1 saturated heterocycles. The van der Waals surface area contributed by atoms with Crippen LogP contribution < -0.4 is 16.2 Å². The number of hydrogen-bond acceptors (Lipinski definition) is 3. The minimum absolute atomic E-state index is 0.0147. The number of amides is 2. The predicted molar refractivity (Wildman–Crippen MR) is 122 cm³/mol. The van der Waals surface area contributed by atoms with E-state index in [1.165, 1.54) is 5.56 Å². The van der Waals surface area contributed by atoms with Crippen molar-refractivity contribution >= 4 is 6.03 Å². The topological polar surface area (TPSA) is 66.4 Å². The van der Waals surface area contributed by atoms with Gasteiger partial charge in [-0.05, 0) is 29.2 Å². The summed E-state index contributed by atoms with van der Waals surface area (Å²) in [6.45, 7) is 3.79. The lowest BCUT2D eigenvalue weighted by molar-refractivity contribution is 0.235. The molecule has 1 fully saturated rings. The molecule has 0 bridgehead atoms. The van der Waals surface area contributed by atoms with Crippen molar-refractivity contribution in [3.63, 3.8) is 0 Å². The Bertz CT molecular complexity index is 1050. The van der Waals surface area contributed by atoms with Crippen LogP contribution in [0.5, 0.6) is 0 Å². The minimum Gasteiger partial charge on any atom is -0.334 e. The molecule has 0 aliphatic carbocycles. The predicted octanol–water partition coefficient (Wildman–Crippen LogP) is 2.97. The molecule has 4 rings (SSSR count). The first kappa shape index (κ1) is 20.9. The largest absolute Gasteiger partial charge is 0.334 e. The summed E-state index contributed by atoms with van der Waals surface area (Å²) in [5.74, 6) is 0. The molecular formula is C25H28N4O2. The molecule has 1 aliphatic heterocycles. The molecule has 6 nitrogen and oxygen atoms in total. The number of nitrogens with one attached hydrogen (secondary N) is 2. The van der Waals surface area contributed by atoms with Crippen LogP contribution in [0.4, 0.5) is 4.79 Å². The van der Waals surface area contributed by atoms with E-state index in [0.29, 0.717) is 13.1 Å². The van der Waals surface area contributed by atoms with Crippen molar-refractivity contribution in [2.75, 3.05) is 13.1 Å². The molecule has 2 amide bonds. The normalized spacial score (nSPS) is 16.2. The fourth-order valence-corrected chi connectivity index (χ4v) is 3.90.